The molecule has 1 aromatic heterocycles. The summed E-state index contributed by atoms with van der Waals surface area (Å²) in [4.78, 5) is 12.7. The number of nitrogens with one attached hydrogen (secondary N) is 1. The number of anilines is 1. The predicted octanol–water partition coefficient (Wildman–Crippen LogP) is 3.27. The number of benzene rings is 2. The molecule has 0 saturated carbocycles. The van der Waals surface area contributed by atoms with Crippen molar-refractivity contribution in [2.24, 2.45) is 0 Å². The molecule has 0 saturated heterocycles. The molecule has 1 aliphatic carbocycles. The van der Waals surface area contributed by atoms with E-state index in [-0.39, 0.29) is 11.8 Å². The highest BCUT2D eigenvalue weighted by Gasteiger charge is 2.36. The SMILES string of the molecule is O=C1CCCC2=C1[C@@H](c1ccc(OCc3ccccc3)cc1)n1nnnc1N2. The second-order valence-corrected chi connectivity index (χ2v) is 6.99. The Morgan fingerprint density at radius 3 is 2.71 bits per heavy atom. The van der Waals surface area contributed by atoms with Gasteiger partial charge in [0.25, 0.3) is 0 Å². The van der Waals surface area contributed by atoms with Crippen LogP contribution >= 0.6 is 0 Å². The summed E-state index contributed by atoms with van der Waals surface area (Å²) in [6.07, 6.45) is 2.25. The maximum atomic E-state index is 12.7. The first-order valence-electron chi connectivity index (χ1n) is 9.37. The van der Waals surface area contributed by atoms with Crippen molar-refractivity contribution < 1.29 is 9.53 Å². The highest BCUT2D eigenvalue weighted by molar-refractivity contribution is 5.99. The molecule has 7 nitrogen and oxygen atoms in total. The molecule has 5 rings (SSSR count). The lowest BCUT2D eigenvalue weighted by molar-refractivity contribution is -0.116. The fourth-order valence-corrected chi connectivity index (χ4v) is 3.81. The molecule has 0 radical (unpaired) electrons. The molecule has 2 aromatic carbocycles. The van der Waals surface area contributed by atoms with Crippen molar-refractivity contribution in [1.82, 2.24) is 20.2 Å². The Bertz CT molecular complexity index is 1040. The van der Waals surface area contributed by atoms with Crippen LogP contribution in [0.1, 0.15) is 36.4 Å². The number of rotatable bonds is 4. The molecule has 0 amide bonds. The minimum Gasteiger partial charge on any atom is -0.489 e. The summed E-state index contributed by atoms with van der Waals surface area (Å²) in [5.74, 6) is 1.51. The Labute approximate surface area is 162 Å². The molecule has 28 heavy (non-hydrogen) atoms. The van der Waals surface area contributed by atoms with Crippen molar-refractivity contribution in [2.75, 3.05) is 5.32 Å². The van der Waals surface area contributed by atoms with Gasteiger partial charge in [0.15, 0.2) is 5.78 Å². The molecule has 0 bridgehead atoms. The Kier molecular flexibility index (Phi) is 4.12. The van der Waals surface area contributed by atoms with Crippen LogP contribution in [0.4, 0.5) is 5.95 Å². The second kappa shape index (κ2) is 6.92. The van der Waals surface area contributed by atoms with Crippen molar-refractivity contribution in [1.29, 1.82) is 0 Å². The Balaban J connectivity index is 1.43. The standard InChI is InChI=1S/C21H19N5O2/c27-18-8-4-7-17-19(18)20(26-21(22-17)23-24-25-26)15-9-11-16(12-10-15)28-13-14-5-2-1-3-6-14/h1-3,5-6,9-12,20H,4,7-8,13H2,(H,22,23,25)/t20-/m1/s1. The maximum absolute atomic E-state index is 12.7. The number of fused-ring (bicyclic) bond motifs is 1. The lowest BCUT2D eigenvalue weighted by Crippen LogP contribution is -2.31. The molecule has 1 N–H and O–H groups in total. The van der Waals surface area contributed by atoms with Gasteiger partial charge < -0.3 is 10.1 Å². The summed E-state index contributed by atoms with van der Waals surface area (Å²) in [6.45, 7) is 0.512. The van der Waals surface area contributed by atoms with Crippen LogP contribution in [0.25, 0.3) is 0 Å². The summed E-state index contributed by atoms with van der Waals surface area (Å²) < 4.78 is 7.56. The van der Waals surface area contributed by atoms with Gasteiger partial charge in [-0.05, 0) is 46.5 Å². The Morgan fingerprint density at radius 2 is 1.89 bits per heavy atom. The van der Waals surface area contributed by atoms with Crippen LogP contribution in [-0.2, 0) is 11.4 Å². The number of hydrogen-bond donors (Lipinski definition) is 1. The molecule has 0 unspecified atom stereocenters. The van der Waals surface area contributed by atoms with Gasteiger partial charge in [-0.25, -0.2) is 0 Å². The lowest BCUT2D eigenvalue weighted by Gasteiger charge is -2.31. The van der Waals surface area contributed by atoms with Gasteiger partial charge in [0, 0.05) is 17.7 Å². The van der Waals surface area contributed by atoms with E-state index in [1.807, 2.05) is 54.6 Å². The molecule has 1 atom stereocenters. The van der Waals surface area contributed by atoms with Crippen molar-refractivity contribution in [3.8, 4) is 5.75 Å². The first-order chi connectivity index (χ1) is 13.8. The topological polar surface area (TPSA) is 81.9 Å². The molecule has 1 aliphatic heterocycles. The minimum atomic E-state index is -0.308. The van der Waals surface area contributed by atoms with Crippen LogP contribution in [-0.4, -0.2) is 26.0 Å². The van der Waals surface area contributed by atoms with Crippen LogP contribution in [0.5, 0.6) is 5.75 Å². The maximum Gasteiger partial charge on any atom is 0.248 e. The average Bonchev–Trinajstić information content (AvgIpc) is 3.20. The number of hydrogen-bond acceptors (Lipinski definition) is 6. The number of nitrogens with zero attached hydrogens (tertiary/aromatic N) is 4. The molecule has 7 heteroatoms. The number of Topliss-reactive ketones (excluding diaryl/α,β-unsaturated/α-hetero) is 1. The number of ether oxygens (including phenoxy) is 1. The summed E-state index contributed by atoms with van der Waals surface area (Å²) >= 11 is 0. The van der Waals surface area contributed by atoms with E-state index in [0.29, 0.717) is 19.0 Å². The summed E-state index contributed by atoms with van der Waals surface area (Å²) in [5.41, 5.74) is 3.78. The zero-order valence-electron chi connectivity index (χ0n) is 15.2. The van der Waals surface area contributed by atoms with E-state index in [9.17, 15) is 4.79 Å². The smallest absolute Gasteiger partial charge is 0.248 e. The molecule has 0 spiro atoms. The number of carbonyl (C=O) groups excluding carboxylic acids is 1. The number of aromatic nitrogens is 4. The first-order valence-corrected chi connectivity index (χ1v) is 9.37. The van der Waals surface area contributed by atoms with E-state index in [4.69, 9.17) is 4.74 Å². The van der Waals surface area contributed by atoms with E-state index in [0.717, 1.165) is 41.0 Å². The second-order valence-electron chi connectivity index (χ2n) is 6.99. The van der Waals surface area contributed by atoms with Gasteiger partial charge >= 0.3 is 0 Å². The van der Waals surface area contributed by atoms with E-state index in [1.54, 1.807) is 4.68 Å². The van der Waals surface area contributed by atoms with Gasteiger partial charge in [-0.1, -0.05) is 47.6 Å². The third-order valence-electron chi connectivity index (χ3n) is 5.17. The van der Waals surface area contributed by atoms with Gasteiger partial charge in [0.05, 0.1) is 0 Å². The average molecular weight is 373 g/mol. The highest BCUT2D eigenvalue weighted by Crippen LogP contribution is 2.39. The summed E-state index contributed by atoms with van der Waals surface area (Å²) in [5, 5.41) is 15.2. The highest BCUT2D eigenvalue weighted by atomic mass is 16.5. The van der Waals surface area contributed by atoms with Crippen molar-refractivity contribution in [3.05, 3.63) is 77.0 Å². The zero-order valence-corrected chi connectivity index (χ0v) is 15.2. The number of ketones is 1. The van der Waals surface area contributed by atoms with Crippen molar-refractivity contribution in [2.45, 2.75) is 31.9 Å². The fourth-order valence-electron chi connectivity index (χ4n) is 3.81. The van der Waals surface area contributed by atoms with Crippen molar-refractivity contribution in [3.63, 3.8) is 0 Å². The molecule has 140 valence electrons. The predicted molar refractivity (Wildman–Crippen MR) is 103 cm³/mol. The van der Waals surface area contributed by atoms with Crippen molar-refractivity contribution >= 4 is 11.7 Å². The molecular weight excluding hydrogens is 354 g/mol. The molecule has 2 heterocycles. The number of allylic oxidation sites excluding steroid dienone is 2. The largest absolute Gasteiger partial charge is 0.489 e. The van der Waals surface area contributed by atoms with Gasteiger partial charge in [-0.3, -0.25) is 4.79 Å². The van der Waals surface area contributed by atoms with Crippen LogP contribution < -0.4 is 10.1 Å². The third-order valence-corrected chi connectivity index (χ3v) is 5.17. The van der Waals surface area contributed by atoms with Gasteiger partial charge in [-0.15, -0.1) is 0 Å². The normalized spacial score (nSPS) is 18.3. The fraction of sp³-hybridized carbons (Fsp3) is 0.238. The molecule has 0 fully saturated rings. The minimum absolute atomic E-state index is 0.157. The van der Waals surface area contributed by atoms with Gasteiger partial charge in [0.1, 0.15) is 18.4 Å². The summed E-state index contributed by atoms with van der Waals surface area (Å²) in [7, 11) is 0. The van der Waals surface area contributed by atoms with E-state index in [2.05, 4.69) is 20.8 Å². The van der Waals surface area contributed by atoms with E-state index >= 15 is 0 Å². The Hall–Kier alpha value is -3.48. The van der Waals surface area contributed by atoms with Crippen LogP contribution in [0, 0.1) is 0 Å². The lowest BCUT2D eigenvalue weighted by atomic mass is 9.85. The van der Waals surface area contributed by atoms with Crippen LogP contribution in [0.15, 0.2) is 65.9 Å². The molecular formula is C21H19N5O2. The van der Waals surface area contributed by atoms with Crippen LogP contribution in [0.2, 0.25) is 0 Å². The number of tetrazole rings is 1. The quantitative estimate of drug-likeness (QED) is 0.756. The third kappa shape index (κ3) is 2.94. The van der Waals surface area contributed by atoms with E-state index < -0.39 is 0 Å². The zero-order chi connectivity index (χ0) is 18.9. The van der Waals surface area contributed by atoms with Gasteiger partial charge in [-0.2, -0.15) is 4.68 Å². The van der Waals surface area contributed by atoms with E-state index in [1.165, 1.54) is 0 Å². The van der Waals surface area contributed by atoms with Gasteiger partial charge in [0.2, 0.25) is 5.95 Å². The van der Waals surface area contributed by atoms with Crippen LogP contribution in [0.3, 0.4) is 0 Å². The monoisotopic (exact) mass is 373 g/mol. The summed E-state index contributed by atoms with van der Waals surface area (Å²) in [6, 6.07) is 17.6. The molecule has 2 aliphatic rings. The Morgan fingerprint density at radius 1 is 1.07 bits per heavy atom. The molecule has 3 aromatic rings. The number of carbonyl (C=O) groups is 1. The first kappa shape index (κ1) is 16.7.